The molecule has 2 rings (SSSR count). The molecule has 1 saturated heterocycles. The molecule has 8 nitrogen and oxygen atoms in total. The van der Waals surface area contributed by atoms with E-state index in [0.717, 1.165) is 25.6 Å². The molecule has 24 heavy (non-hydrogen) atoms. The zero-order valence-electron chi connectivity index (χ0n) is 13.7. The zero-order chi connectivity index (χ0) is 17.7. The molecule has 1 fully saturated rings. The second-order valence-electron chi connectivity index (χ2n) is 5.83. The molecule has 9 heteroatoms. The van der Waals surface area contributed by atoms with Gasteiger partial charge in [0, 0.05) is 25.2 Å². The summed E-state index contributed by atoms with van der Waals surface area (Å²) in [5, 5.41) is 8.68. The number of anilines is 2. The van der Waals surface area contributed by atoms with E-state index in [1.807, 2.05) is 0 Å². The zero-order valence-corrected chi connectivity index (χ0v) is 14.5. The lowest BCUT2D eigenvalue weighted by Crippen LogP contribution is -2.45. The van der Waals surface area contributed by atoms with E-state index in [-0.39, 0.29) is 29.1 Å². The van der Waals surface area contributed by atoms with E-state index in [2.05, 4.69) is 20.7 Å². The van der Waals surface area contributed by atoms with Crippen LogP contribution in [0.3, 0.4) is 0 Å². The predicted molar refractivity (Wildman–Crippen MR) is 92.6 cm³/mol. The topological polar surface area (TPSA) is 116 Å². The number of piperidine rings is 1. The summed E-state index contributed by atoms with van der Waals surface area (Å²) in [5.41, 5.74) is 0.763. The van der Waals surface area contributed by atoms with Crippen LogP contribution in [0.4, 0.5) is 11.4 Å². The van der Waals surface area contributed by atoms with E-state index >= 15 is 0 Å². The van der Waals surface area contributed by atoms with Crippen molar-refractivity contribution in [2.24, 2.45) is 0 Å². The molecule has 0 aromatic heterocycles. The largest absolute Gasteiger partial charge is 0.348 e. The van der Waals surface area contributed by atoms with Crippen molar-refractivity contribution in [3.05, 3.63) is 23.8 Å². The Hall–Kier alpha value is -2.13. The summed E-state index contributed by atoms with van der Waals surface area (Å²) in [4.78, 5) is 23.8. The molecule has 1 aromatic carbocycles. The number of amides is 2. The maximum Gasteiger partial charge on any atom is 0.253 e. The number of carbonyl (C=O) groups excluding carboxylic acids is 2. The molecule has 0 aliphatic carbocycles. The summed E-state index contributed by atoms with van der Waals surface area (Å²) in [6.45, 7) is 2.95. The molecule has 4 N–H and O–H groups in total. The third-order valence-electron chi connectivity index (χ3n) is 3.51. The van der Waals surface area contributed by atoms with Gasteiger partial charge in [0.05, 0.1) is 17.5 Å². The highest BCUT2D eigenvalue weighted by Gasteiger charge is 2.20. The molecular formula is C15H22N4O4S. The smallest absolute Gasteiger partial charge is 0.253 e. The number of nitrogens with one attached hydrogen (secondary N) is 4. The number of hydrogen-bond donors (Lipinski definition) is 4. The van der Waals surface area contributed by atoms with Gasteiger partial charge in [0.25, 0.3) is 5.91 Å². The maximum atomic E-state index is 12.6. The molecule has 0 unspecified atom stereocenters. The number of sulfonamides is 1. The molecule has 0 spiro atoms. The molecule has 132 valence electrons. The quantitative estimate of drug-likeness (QED) is 0.614. The summed E-state index contributed by atoms with van der Waals surface area (Å²) in [6, 6.07) is 4.44. The second-order valence-corrected chi connectivity index (χ2v) is 7.58. The predicted octanol–water partition coefficient (Wildman–Crippen LogP) is 0.498. The Labute approximate surface area is 141 Å². The SMILES string of the molecule is CC(=O)Nc1ccc(NS(C)(=O)=O)c(C(=O)N[C@H]2CCCNC2)c1. The van der Waals surface area contributed by atoms with E-state index in [9.17, 15) is 18.0 Å². The summed E-state index contributed by atoms with van der Waals surface area (Å²) < 4.78 is 25.3. The van der Waals surface area contributed by atoms with Gasteiger partial charge >= 0.3 is 0 Å². The van der Waals surface area contributed by atoms with Gasteiger partial charge in [-0.05, 0) is 37.6 Å². The number of hydrogen-bond acceptors (Lipinski definition) is 5. The van der Waals surface area contributed by atoms with Crippen LogP contribution in [0, 0.1) is 0 Å². The van der Waals surface area contributed by atoms with Gasteiger partial charge in [-0.15, -0.1) is 0 Å². The first kappa shape index (κ1) is 18.2. The third kappa shape index (κ3) is 5.50. The van der Waals surface area contributed by atoms with Crippen LogP contribution in [0.2, 0.25) is 0 Å². The van der Waals surface area contributed by atoms with Crippen molar-refractivity contribution in [3.63, 3.8) is 0 Å². The fraction of sp³-hybridized carbons (Fsp3) is 0.467. The second kappa shape index (κ2) is 7.63. The Morgan fingerprint density at radius 1 is 1.29 bits per heavy atom. The summed E-state index contributed by atoms with van der Waals surface area (Å²) in [6.07, 6.45) is 2.84. The molecule has 1 aromatic rings. The fourth-order valence-electron chi connectivity index (χ4n) is 2.54. The van der Waals surface area contributed by atoms with Gasteiger partial charge in [-0.1, -0.05) is 0 Å². The van der Waals surface area contributed by atoms with Gasteiger partial charge in [0.1, 0.15) is 0 Å². The van der Waals surface area contributed by atoms with Crippen LogP contribution in [0.1, 0.15) is 30.1 Å². The summed E-state index contributed by atoms with van der Waals surface area (Å²) in [5.74, 6) is -0.663. The standard InChI is InChI=1S/C15H22N4O4S/c1-10(20)17-11-5-6-14(19-24(2,22)23)13(8-11)15(21)18-12-4-3-7-16-9-12/h5-6,8,12,16,19H,3-4,7,9H2,1-2H3,(H,17,20)(H,18,21)/t12-/m0/s1. The van der Waals surface area contributed by atoms with Gasteiger partial charge in [-0.2, -0.15) is 0 Å². The highest BCUT2D eigenvalue weighted by molar-refractivity contribution is 7.92. The normalized spacial score (nSPS) is 17.8. The van der Waals surface area contributed by atoms with Gasteiger partial charge in [0.2, 0.25) is 15.9 Å². The van der Waals surface area contributed by atoms with Gasteiger partial charge in [-0.3, -0.25) is 14.3 Å². The van der Waals surface area contributed by atoms with Crippen LogP contribution in [-0.4, -0.2) is 45.6 Å². The van der Waals surface area contributed by atoms with Crippen LogP contribution in [-0.2, 0) is 14.8 Å². The molecule has 1 atom stereocenters. The lowest BCUT2D eigenvalue weighted by atomic mass is 10.1. The van der Waals surface area contributed by atoms with Crippen LogP contribution in [0.5, 0.6) is 0 Å². The average molecular weight is 354 g/mol. The molecule has 2 amide bonds. The van der Waals surface area contributed by atoms with Gasteiger partial charge < -0.3 is 16.0 Å². The van der Waals surface area contributed by atoms with Crippen LogP contribution >= 0.6 is 0 Å². The van der Waals surface area contributed by atoms with E-state index in [1.54, 1.807) is 0 Å². The minimum Gasteiger partial charge on any atom is -0.348 e. The van der Waals surface area contributed by atoms with Crippen molar-refractivity contribution < 1.29 is 18.0 Å². The lowest BCUT2D eigenvalue weighted by molar-refractivity contribution is -0.114. The van der Waals surface area contributed by atoms with Crippen LogP contribution in [0.25, 0.3) is 0 Å². The summed E-state index contributed by atoms with van der Waals surface area (Å²) in [7, 11) is -3.53. The Kier molecular flexibility index (Phi) is 5.79. The highest BCUT2D eigenvalue weighted by atomic mass is 32.2. The molecular weight excluding hydrogens is 332 g/mol. The molecule has 1 aliphatic heterocycles. The number of benzene rings is 1. The summed E-state index contributed by atoms with van der Waals surface area (Å²) >= 11 is 0. The Morgan fingerprint density at radius 3 is 2.62 bits per heavy atom. The fourth-order valence-corrected chi connectivity index (χ4v) is 3.12. The van der Waals surface area contributed by atoms with Crippen molar-refractivity contribution in [3.8, 4) is 0 Å². The van der Waals surface area contributed by atoms with Crippen LogP contribution in [0.15, 0.2) is 18.2 Å². The Balaban J connectivity index is 2.27. The van der Waals surface area contributed by atoms with Crippen molar-refractivity contribution >= 4 is 33.2 Å². The molecule has 0 radical (unpaired) electrons. The van der Waals surface area contributed by atoms with Gasteiger partial charge in [0.15, 0.2) is 0 Å². The lowest BCUT2D eigenvalue weighted by Gasteiger charge is -2.24. The van der Waals surface area contributed by atoms with E-state index in [4.69, 9.17) is 0 Å². The van der Waals surface area contributed by atoms with E-state index < -0.39 is 10.0 Å². The average Bonchev–Trinajstić information content (AvgIpc) is 2.48. The molecule has 0 bridgehead atoms. The molecule has 1 heterocycles. The van der Waals surface area contributed by atoms with Crippen molar-refractivity contribution in [1.82, 2.24) is 10.6 Å². The monoisotopic (exact) mass is 354 g/mol. The van der Waals surface area contributed by atoms with E-state index in [1.165, 1.54) is 25.1 Å². The first-order valence-electron chi connectivity index (χ1n) is 7.65. The molecule has 0 saturated carbocycles. The maximum absolute atomic E-state index is 12.6. The first-order chi connectivity index (χ1) is 11.2. The highest BCUT2D eigenvalue weighted by Crippen LogP contribution is 2.22. The first-order valence-corrected chi connectivity index (χ1v) is 9.55. The van der Waals surface area contributed by atoms with E-state index in [0.29, 0.717) is 12.2 Å². The Bertz CT molecular complexity index is 727. The van der Waals surface area contributed by atoms with Crippen molar-refractivity contribution in [1.29, 1.82) is 0 Å². The number of rotatable bonds is 5. The Morgan fingerprint density at radius 2 is 2.04 bits per heavy atom. The van der Waals surface area contributed by atoms with Crippen molar-refractivity contribution in [2.45, 2.75) is 25.8 Å². The number of carbonyl (C=O) groups is 2. The van der Waals surface area contributed by atoms with Crippen LogP contribution < -0.4 is 20.7 Å². The third-order valence-corrected chi connectivity index (χ3v) is 4.10. The minimum atomic E-state index is -3.53. The molecule has 1 aliphatic rings. The van der Waals surface area contributed by atoms with Gasteiger partial charge in [-0.25, -0.2) is 8.42 Å². The van der Waals surface area contributed by atoms with Crippen molar-refractivity contribution in [2.75, 3.05) is 29.4 Å². The minimum absolute atomic E-state index is 0.0123.